The molecule has 0 atom stereocenters. The first-order valence-corrected chi connectivity index (χ1v) is 9.97. The minimum absolute atomic E-state index is 0. The number of halogens is 2. The molecule has 5 nitrogen and oxygen atoms in total. The van der Waals surface area contributed by atoms with Crippen molar-refractivity contribution in [3.63, 3.8) is 0 Å². The molecular formula is C21H35Cl2N3O2. The first-order chi connectivity index (χ1) is 12.7. The van der Waals surface area contributed by atoms with Crippen molar-refractivity contribution >= 4 is 30.7 Å². The zero-order valence-corrected chi connectivity index (χ0v) is 18.7. The van der Waals surface area contributed by atoms with Crippen LogP contribution in [0.1, 0.15) is 48.5 Å². The third-order valence-corrected chi connectivity index (χ3v) is 5.81. The highest BCUT2D eigenvalue weighted by atomic mass is 35.5. The average molecular weight is 432 g/mol. The van der Waals surface area contributed by atoms with E-state index in [0.29, 0.717) is 13.2 Å². The molecule has 28 heavy (non-hydrogen) atoms. The van der Waals surface area contributed by atoms with E-state index in [1.54, 1.807) is 7.11 Å². The molecule has 3 rings (SSSR count). The molecule has 1 saturated heterocycles. The summed E-state index contributed by atoms with van der Waals surface area (Å²) < 4.78 is 5.43. The number of hydrogen-bond acceptors (Lipinski definition) is 4. The van der Waals surface area contributed by atoms with Crippen molar-refractivity contribution in [2.75, 3.05) is 39.9 Å². The van der Waals surface area contributed by atoms with Gasteiger partial charge in [-0.25, -0.2) is 0 Å². The molecule has 0 unspecified atom stereocenters. The lowest BCUT2D eigenvalue weighted by molar-refractivity contribution is 0.0512. The molecule has 0 aromatic heterocycles. The second kappa shape index (κ2) is 12.0. The number of nitrogens with zero attached hydrogens (tertiary/aromatic N) is 1. The number of nitrogens with one attached hydrogen (secondary N) is 2. The van der Waals surface area contributed by atoms with Gasteiger partial charge < -0.3 is 15.4 Å². The molecule has 1 amide bonds. The van der Waals surface area contributed by atoms with Gasteiger partial charge in [0, 0.05) is 37.2 Å². The van der Waals surface area contributed by atoms with Crippen LogP contribution < -0.4 is 10.6 Å². The smallest absolute Gasteiger partial charge is 0.251 e. The van der Waals surface area contributed by atoms with E-state index in [4.69, 9.17) is 4.74 Å². The summed E-state index contributed by atoms with van der Waals surface area (Å²) in [6, 6.07) is 8.86. The van der Waals surface area contributed by atoms with Crippen LogP contribution in [0.15, 0.2) is 24.3 Å². The van der Waals surface area contributed by atoms with Crippen molar-refractivity contribution in [2.24, 2.45) is 5.41 Å². The number of methoxy groups -OCH3 is 1. The van der Waals surface area contributed by atoms with E-state index in [1.807, 2.05) is 12.1 Å². The Balaban J connectivity index is 0.00000196. The molecular weight excluding hydrogens is 397 g/mol. The molecule has 1 heterocycles. The molecule has 0 spiro atoms. The molecule has 7 heteroatoms. The van der Waals surface area contributed by atoms with Crippen molar-refractivity contribution in [3.05, 3.63) is 35.4 Å². The van der Waals surface area contributed by atoms with Crippen LogP contribution >= 0.6 is 24.8 Å². The fourth-order valence-corrected chi connectivity index (χ4v) is 3.94. The minimum atomic E-state index is 0. The lowest BCUT2D eigenvalue weighted by Gasteiger charge is -2.37. The highest BCUT2D eigenvalue weighted by molar-refractivity contribution is 5.94. The predicted octanol–water partition coefficient (Wildman–Crippen LogP) is 3.26. The number of amides is 1. The van der Waals surface area contributed by atoms with Crippen molar-refractivity contribution < 1.29 is 9.53 Å². The Morgan fingerprint density at radius 3 is 2.39 bits per heavy atom. The van der Waals surface area contributed by atoms with E-state index in [1.165, 1.54) is 18.4 Å². The van der Waals surface area contributed by atoms with Gasteiger partial charge in [0.05, 0.1) is 6.61 Å². The van der Waals surface area contributed by atoms with Gasteiger partial charge in [-0.2, -0.15) is 0 Å². The van der Waals surface area contributed by atoms with Crippen molar-refractivity contribution in [1.82, 2.24) is 15.5 Å². The highest BCUT2D eigenvalue weighted by Crippen LogP contribution is 2.29. The molecule has 0 radical (unpaired) electrons. The van der Waals surface area contributed by atoms with Gasteiger partial charge in [-0.3, -0.25) is 9.69 Å². The number of benzene rings is 1. The number of carbonyl (C=O) groups excluding carboxylic acids is 1. The Labute approximate surface area is 181 Å². The van der Waals surface area contributed by atoms with Gasteiger partial charge in [0.15, 0.2) is 0 Å². The first-order valence-electron chi connectivity index (χ1n) is 9.97. The van der Waals surface area contributed by atoms with Gasteiger partial charge in [0.2, 0.25) is 0 Å². The van der Waals surface area contributed by atoms with Gasteiger partial charge in [0.1, 0.15) is 0 Å². The van der Waals surface area contributed by atoms with Crippen LogP contribution in [0.4, 0.5) is 0 Å². The molecule has 1 aromatic carbocycles. The van der Waals surface area contributed by atoms with E-state index in [9.17, 15) is 4.79 Å². The Hall–Kier alpha value is -0.850. The maximum absolute atomic E-state index is 12.6. The van der Waals surface area contributed by atoms with Gasteiger partial charge in [-0.1, -0.05) is 19.1 Å². The van der Waals surface area contributed by atoms with Crippen LogP contribution in [-0.4, -0.2) is 56.7 Å². The summed E-state index contributed by atoms with van der Waals surface area (Å²) in [6.07, 6.45) is 4.72. The normalized spacial score (nSPS) is 18.1. The fourth-order valence-electron chi connectivity index (χ4n) is 3.94. The van der Waals surface area contributed by atoms with Crippen LogP contribution in [0.3, 0.4) is 0 Å². The molecule has 2 fully saturated rings. The van der Waals surface area contributed by atoms with Crippen molar-refractivity contribution in [3.8, 4) is 0 Å². The second-order valence-corrected chi connectivity index (χ2v) is 7.86. The summed E-state index contributed by atoms with van der Waals surface area (Å²) in [5.41, 5.74) is 2.08. The Kier molecular flexibility index (Phi) is 10.8. The minimum Gasteiger partial charge on any atom is -0.384 e. The van der Waals surface area contributed by atoms with Crippen LogP contribution in [-0.2, 0) is 11.3 Å². The third-order valence-electron chi connectivity index (χ3n) is 5.81. The topological polar surface area (TPSA) is 53.6 Å². The molecule has 160 valence electrons. The third kappa shape index (κ3) is 6.89. The number of piperidine rings is 1. The van der Waals surface area contributed by atoms with Crippen molar-refractivity contribution in [1.29, 1.82) is 0 Å². The van der Waals surface area contributed by atoms with E-state index < -0.39 is 0 Å². The zero-order valence-electron chi connectivity index (χ0n) is 17.0. The van der Waals surface area contributed by atoms with Gasteiger partial charge in [-0.15, -0.1) is 24.8 Å². The second-order valence-electron chi connectivity index (χ2n) is 7.86. The van der Waals surface area contributed by atoms with Crippen LogP contribution in [0.25, 0.3) is 0 Å². The van der Waals surface area contributed by atoms with Crippen LogP contribution in [0, 0.1) is 5.41 Å². The standard InChI is InChI=1S/C21H33N3O2.2ClH/c1-3-24(19-8-9-19)14-17-4-6-18(7-5-17)20(25)23-15-21(16-26-2)10-12-22-13-11-21;;/h4-7,19,22H,3,8-16H2,1-2H3,(H,23,25);2*1H. The lowest BCUT2D eigenvalue weighted by atomic mass is 9.79. The maximum Gasteiger partial charge on any atom is 0.251 e. The van der Waals surface area contributed by atoms with Crippen LogP contribution in [0.5, 0.6) is 0 Å². The van der Waals surface area contributed by atoms with Gasteiger partial charge >= 0.3 is 0 Å². The molecule has 1 aliphatic heterocycles. The van der Waals surface area contributed by atoms with Crippen molar-refractivity contribution in [2.45, 2.75) is 45.2 Å². The number of hydrogen-bond donors (Lipinski definition) is 2. The number of ether oxygens (including phenoxy) is 1. The lowest BCUT2D eigenvalue weighted by Crippen LogP contribution is -2.47. The maximum atomic E-state index is 12.6. The predicted molar refractivity (Wildman–Crippen MR) is 119 cm³/mol. The first kappa shape index (κ1) is 25.2. The number of rotatable bonds is 9. The summed E-state index contributed by atoms with van der Waals surface area (Å²) in [5, 5.41) is 6.52. The quantitative estimate of drug-likeness (QED) is 0.629. The largest absolute Gasteiger partial charge is 0.384 e. The zero-order chi connectivity index (χ0) is 18.4. The summed E-state index contributed by atoms with van der Waals surface area (Å²) in [5.74, 6) is 0.0140. The van der Waals surface area contributed by atoms with Gasteiger partial charge in [0.25, 0.3) is 5.91 Å². The molecule has 1 aromatic rings. The molecule has 1 saturated carbocycles. The summed E-state index contributed by atoms with van der Waals surface area (Å²) in [6.45, 7) is 7.63. The van der Waals surface area contributed by atoms with E-state index in [-0.39, 0.29) is 36.1 Å². The van der Waals surface area contributed by atoms with Crippen LogP contribution in [0.2, 0.25) is 0 Å². The highest BCUT2D eigenvalue weighted by Gasteiger charge is 2.32. The Morgan fingerprint density at radius 1 is 1.21 bits per heavy atom. The monoisotopic (exact) mass is 431 g/mol. The van der Waals surface area contributed by atoms with E-state index in [0.717, 1.165) is 50.6 Å². The van der Waals surface area contributed by atoms with E-state index >= 15 is 0 Å². The number of carbonyl (C=O) groups is 1. The Bertz CT molecular complexity index is 582. The fraction of sp³-hybridized carbons (Fsp3) is 0.667. The molecule has 2 N–H and O–H groups in total. The van der Waals surface area contributed by atoms with E-state index in [2.05, 4.69) is 34.6 Å². The molecule has 1 aliphatic carbocycles. The average Bonchev–Trinajstić information content (AvgIpc) is 3.51. The Morgan fingerprint density at radius 2 is 1.86 bits per heavy atom. The SMILES string of the molecule is CCN(Cc1ccc(C(=O)NCC2(COC)CCNCC2)cc1)C1CC1.Cl.Cl. The summed E-state index contributed by atoms with van der Waals surface area (Å²) in [4.78, 5) is 15.1. The van der Waals surface area contributed by atoms with Gasteiger partial charge in [-0.05, 0) is 63.0 Å². The molecule has 0 bridgehead atoms. The summed E-state index contributed by atoms with van der Waals surface area (Å²) in [7, 11) is 1.74. The summed E-state index contributed by atoms with van der Waals surface area (Å²) >= 11 is 0. The molecule has 2 aliphatic rings.